The van der Waals surface area contributed by atoms with Gasteiger partial charge in [0.2, 0.25) is 0 Å². The highest BCUT2D eigenvalue weighted by atomic mass is 32.1. The Morgan fingerprint density at radius 1 is 1.12 bits per heavy atom. The van der Waals surface area contributed by atoms with E-state index < -0.39 is 12.0 Å². The summed E-state index contributed by atoms with van der Waals surface area (Å²) < 4.78 is 15.0. The molecule has 4 aromatic rings. The van der Waals surface area contributed by atoms with Crippen molar-refractivity contribution in [3.8, 4) is 10.6 Å². The molecule has 6 rings (SSSR count). The Morgan fingerprint density at radius 3 is 2.61 bits per heavy atom. The molecule has 1 aliphatic carbocycles. The van der Waals surface area contributed by atoms with Gasteiger partial charge in [0.1, 0.15) is 27.2 Å². The molecule has 1 aliphatic heterocycles. The molecule has 166 valence electrons. The molecular formula is C26H22FN3O2S. The van der Waals surface area contributed by atoms with Crippen LogP contribution in [0.5, 0.6) is 0 Å². The van der Waals surface area contributed by atoms with Gasteiger partial charge in [-0.1, -0.05) is 47.7 Å². The molecular weight excluding hydrogens is 437 g/mol. The van der Waals surface area contributed by atoms with Crippen molar-refractivity contribution in [1.29, 1.82) is 0 Å². The molecule has 5 nitrogen and oxygen atoms in total. The third kappa shape index (κ3) is 3.52. The van der Waals surface area contributed by atoms with Crippen LogP contribution in [0, 0.1) is 5.82 Å². The lowest BCUT2D eigenvalue weighted by molar-refractivity contribution is -0.148. The summed E-state index contributed by atoms with van der Waals surface area (Å²) in [6, 6.07) is 19.1. The molecule has 3 heterocycles. The highest BCUT2D eigenvalue weighted by Crippen LogP contribution is 2.53. The molecule has 0 unspecified atom stereocenters. The van der Waals surface area contributed by atoms with Crippen LogP contribution >= 0.6 is 11.3 Å². The average molecular weight is 460 g/mol. The van der Waals surface area contributed by atoms with E-state index in [0.717, 1.165) is 41.0 Å². The van der Waals surface area contributed by atoms with E-state index in [-0.39, 0.29) is 11.2 Å². The highest BCUT2D eigenvalue weighted by Gasteiger charge is 2.47. The summed E-state index contributed by atoms with van der Waals surface area (Å²) in [6.45, 7) is 1.15. The van der Waals surface area contributed by atoms with Crippen LogP contribution in [0.2, 0.25) is 0 Å². The fourth-order valence-electron chi connectivity index (χ4n) is 4.75. The van der Waals surface area contributed by atoms with Crippen molar-refractivity contribution >= 4 is 27.7 Å². The lowest BCUT2D eigenvalue weighted by atomic mass is 9.92. The van der Waals surface area contributed by atoms with Crippen LogP contribution < -0.4 is 0 Å². The number of carboxylic acid groups (broad SMARTS) is 1. The van der Waals surface area contributed by atoms with E-state index in [1.165, 1.54) is 23.0 Å². The smallest absolute Gasteiger partial charge is 0.320 e. The van der Waals surface area contributed by atoms with Crippen LogP contribution in [0.4, 0.5) is 4.39 Å². The number of nitrogens with zero attached hydrogens (tertiary/aromatic N) is 3. The molecule has 1 atom stereocenters. The maximum Gasteiger partial charge on any atom is 0.320 e. The maximum atomic E-state index is 15.0. The molecule has 0 bridgehead atoms. The van der Waals surface area contributed by atoms with E-state index >= 15 is 4.39 Å². The van der Waals surface area contributed by atoms with Gasteiger partial charge in [0.15, 0.2) is 0 Å². The largest absolute Gasteiger partial charge is 0.480 e. The summed E-state index contributed by atoms with van der Waals surface area (Å²) in [5.41, 5.74) is 4.31. The summed E-state index contributed by atoms with van der Waals surface area (Å²) in [6.07, 6.45) is 2.80. The lowest BCUT2D eigenvalue weighted by Gasteiger charge is -2.37. The molecule has 33 heavy (non-hydrogen) atoms. The fourth-order valence-corrected chi connectivity index (χ4v) is 5.71. The molecule has 2 aromatic carbocycles. The van der Waals surface area contributed by atoms with Gasteiger partial charge < -0.3 is 5.11 Å². The Kier molecular flexibility index (Phi) is 4.78. The van der Waals surface area contributed by atoms with Gasteiger partial charge in [-0.2, -0.15) is 0 Å². The van der Waals surface area contributed by atoms with Crippen LogP contribution in [0.3, 0.4) is 0 Å². The zero-order valence-electron chi connectivity index (χ0n) is 17.9. The van der Waals surface area contributed by atoms with Gasteiger partial charge in [-0.3, -0.25) is 9.69 Å². The number of thiazole rings is 1. The lowest BCUT2D eigenvalue weighted by Crippen LogP contribution is -2.51. The van der Waals surface area contributed by atoms with E-state index in [4.69, 9.17) is 4.98 Å². The molecule has 2 aliphatic rings. The first-order chi connectivity index (χ1) is 16.0. The summed E-state index contributed by atoms with van der Waals surface area (Å²) in [5, 5.41) is 9.82. The van der Waals surface area contributed by atoms with Gasteiger partial charge in [0.05, 0.1) is 5.69 Å². The SMILES string of the molecule is O=C(O)[C@@H]1CCN1Cc1ccc(-c2nc3ccc(C4(c5ccccc5)CC4)nc3s2)c(F)c1. The standard InChI is InChI=1S/C26H22FN3O2S/c27-19-14-16(15-30-13-10-21(30)25(31)32)6-7-18(19)23-28-20-8-9-22(29-24(20)33-23)26(11-12-26)17-4-2-1-3-5-17/h1-9,14,21H,10-13,15H2,(H,31,32)/t21-/m0/s1. The van der Waals surface area contributed by atoms with E-state index in [9.17, 15) is 9.90 Å². The van der Waals surface area contributed by atoms with Gasteiger partial charge in [-0.25, -0.2) is 14.4 Å². The maximum absolute atomic E-state index is 15.0. The zero-order valence-corrected chi connectivity index (χ0v) is 18.7. The Labute approximate surface area is 194 Å². The molecule has 2 aromatic heterocycles. The fraction of sp³-hybridized carbons (Fsp3) is 0.269. The number of halogens is 1. The molecule has 0 radical (unpaired) electrons. The van der Waals surface area contributed by atoms with E-state index in [1.807, 2.05) is 23.1 Å². The number of hydrogen-bond acceptors (Lipinski definition) is 5. The van der Waals surface area contributed by atoms with Crippen LogP contribution in [0.15, 0.2) is 60.7 Å². The van der Waals surface area contributed by atoms with Crippen LogP contribution in [0.1, 0.15) is 36.1 Å². The number of carbonyl (C=O) groups is 1. The van der Waals surface area contributed by atoms with Gasteiger partial charge in [-0.05, 0) is 54.7 Å². The van der Waals surface area contributed by atoms with Crippen molar-refractivity contribution < 1.29 is 14.3 Å². The number of benzene rings is 2. The summed E-state index contributed by atoms with van der Waals surface area (Å²) in [4.78, 5) is 23.5. The Bertz CT molecular complexity index is 1370. The number of hydrogen-bond donors (Lipinski definition) is 1. The summed E-state index contributed by atoms with van der Waals surface area (Å²) in [5.74, 6) is -1.16. The number of aliphatic carboxylic acids is 1. The summed E-state index contributed by atoms with van der Waals surface area (Å²) in [7, 11) is 0. The minimum absolute atomic E-state index is 0.0167. The van der Waals surface area contributed by atoms with Crippen molar-refractivity contribution in [2.75, 3.05) is 6.54 Å². The molecule has 7 heteroatoms. The van der Waals surface area contributed by atoms with Gasteiger partial charge >= 0.3 is 5.97 Å². The van der Waals surface area contributed by atoms with Gasteiger partial charge in [0.25, 0.3) is 0 Å². The molecule has 0 amide bonds. The highest BCUT2D eigenvalue weighted by molar-refractivity contribution is 7.21. The third-order valence-corrected chi connectivity index (χ3v) is 7.89. The first-order valence-electron chi connectivity index (χ1n) is 11.1. The molecule has 2 fully saturated rings. The molecule has 1 saturated carbocycles. The number of rotatable bonds is 6. The minimum Gasteiger partial charge on any atom is -0.480 e. The van der Waals surface area contributed by atoms with Crippen molar-refractivity contribution in [3.63, 3.8) is 0 Å². The zero-order chi connectivity index (χ0) is 22.6. The predicted octanol–water partition coefficient (Wildman–Crippen LogP) is 5.24. The number of pyridine rings is 1. The van der Waals surface area contributed by atoms with Crippen molar-refractivity contribution in [1.82, 2.24) is 14.9 Å². The van der Waals surface area contributed by atoms with Crippen molar-refractivity contribution in [2.24, 2.45) is 0 Å². The average Bonchev–Trinajstić information content (AvgIpc) is 3.50. The number of aromatic nitrogens is 2. The second kappa shape index (κ2) is 7.71. The summed E-state index contributed by atoms with van der Waals surface area (Å²) >= 11 is 1.41. The molecule has 0 spiro atoms. The predicted molar refractivity (Wildman–Crippen MR) is 126 cm³/mol. The number of likely N-dealkylation sites (tertiary alicyclic amines) is 1. The number of carboxylic acids is 1. The Morgan fingerprint density at radius 2 is 1.94 bits per heavy atom. The second-order valence-electron chi connectivity index (χ2n) is 8.92. The molecule has 1 N–H and O–H groups in total. The van der Waals surface area contributed by atoms with Crippen LogP contribution in [-0.4, -0.2) is 38.5 Å². The van der Waals surface area contributed by atoms with E-state index in [2.05, 4.69) is 35.3 Å². The number of fused-ring (bicyclic) bond motifs is 1. The monoisotopic (exact) mass is 459 g/mol. The Hall–Kier alpha value is -3.16. The van der Waals surface area contributed by atoms with Gasteiger partial charge in [-0.15, -0.1) is 0 Å². The van der Waals surface area contributed by atoms with E-state index in [0.29, 0.717) is 23.5 Å². The first-order valence-corrected chi connectivity index (χ1v) is 11.9. The van der Waals surface area contributed by atoms with Crippen molar-refractivity contribution in [3.05, 3.63) is 83.3 Å². The van der Waals surface area contributed by atoms with Gasteiger partial charge in [0, 0.05) is 24.1 Å². The normalized spacial score (nSPS) is 19.4. The van der Waals surface area contributed by atoms with Crippen molar-refractivity contribution in [2.45, 2.75) is 37.3 Å². The topological polar surface area (TPSA) is 66.3 Å². The van der Waals surface area contributed by atoms with Crippen LogP contribution in [0.25, 0.3) is 20.9 Å². The minimum atomic E-state index is -0.820. The second-order valence-corrected chi connectivity index (χ2v) is 9.89. The molecule has 1 saturated heterocycles. The quantitative estimate of drug-likeness (QED) is 0.427. The Balaban J connectivity index is 1.28. The first kappa shape index (κ1) is 20.4. The third-order valence-electron chi connectivity index (χ3n) is 6.89. The van der Waals surface area contributed by atoms with E-state index in [1.54, 1.807) is 6.07 Å². The van der Waals surface area contributed by atoms with Crippen LogP contribution in [-0.2, 0) is 16.8 Å².